The largest absolute Gasteiger partial charge is 0.459 e. The van der Waals surface area contributed by atoms with Gasteiger partial charge in [0.1, 0.15) is 11.3 Å². The number of rotatable bonds is 2. The summed E-state index contributed by atoms with van der Waals surface area (Å²) in [5, 5.41) is 1.12. The summed E-state index contributed by atoms with van der Waals surface area (Å²) in [4.78, 5) is 0. The molecule has 0 saturated heterocycles. The summed E-state index contributed by atoms with van der Waals surface area (Å²) in [6.07, 6.45) is 2.48. The normalized spacial score (nSPS) is 18.3. The van der Waals surface area contributed by atoms with Crippen molar-refractivity contribution in [1.29, 1.82) is 0 Å². The molecule has 0 spiro atoms. The van der Waals surface area contributed by atoms with Crippen LogP contribution in [0.1, 0.15) is 24.6 Å². The first-order chi connectivity index (χ1) is 7.24. The van der Waals surface area contributed by atoms with Crippen molar-refractivity contribution in [3.05, 3.63) is 34.5 Å². The molecule has 1 aromatic heterocycles. The van der Waals surface area contributed by atoms with Gasteiger partial charge in [-0.05, 0) is 43.0 Å². The van der Waals surface area contributed by atoms with Gasteiger partial charge < -0.3 is 10.2 Å². The van der Waals surface area contributed by atoms with E-state index in [0.717, 1.165) is 21.2 Å². The number of furan rings is 1. The van der Waals surface area contributed by atoms with Gasteiger partial charge in [-0.25, -0.2) is 0 Å². The maximum atomic E-state index is 6.10. The van der Waals surface area contributed by atoms with Crippen LogP contribution in [0.25, 0.3) is 11.0 Å². The lowest BCUT2D eigenvalue weighted by Crippen LogP contribution is -2.10. The highest BCUT2D eigenvalue weighted by Crippen LogP contribution is 2.40. The summed E-state index contributed by atoms with van der Waals surface area (Å²) < 4.78 is 6.81. The first-order valence-electron chi connectivity index (χ1n) is 5.18. The van der Waals surface area contributed by atoms with Crippen LogP contribution in [-0.4, -0.2) is 0 Å². The highest BCUT2D eigenvalue weighted by atomic mass is 79.9. The van der Waals surface area contributed by atoms with E-state index in [2.05, 4.69) is 28.1 Å². The van der Waals surface area contributed by atoms with Crippen molar-refractivity contribution in [3.63, 3.8) is 0 Å². The minimum absolute atomic E-state index is 0.0798. The monoisotopic (exact) mass is 265 g/mol. The third-order valence-electron chi connectivity index (χ3n) is 2.96. The SMILES string of the molecule is NC(c1cc2cc(Br)ccc2o1)C1CC1. The van der Waals surface area contributed by atoms with Gasteiger partial charge in [-0.2, -0.15) is 0 Å². The summed E-state index contributed by atoms with van der Waals surface area (Å²) in [5.74, 6) is 1.56. The van der Waals surface area contributed by atoms with E-state index in [9.17, 15) is 0 Å². The van der Waals surface area contributed by atoms with Crippen molar-refractivity contribution in [2.45, 2.75) is 18.9 Å². The molecule has 1 aliphatic carbocycles. The number of fused-ring (bicyclic) bond motifs is 1. The second kappa shape index (κ2) is 3.35. The molecular weight excluding hydrogens is 254 g/mol. The van der Waals surface area contributed by atoms with Crippen molar-refractivity contribution in [2.24, 2.45) is 11.7 Å². The first-order valence-corrected chi connectivity index (χ1v) is 5.98. The Morgan fingerprint density at radius 1 is 1.33 bits per heavy atom. The molecule has 1 aromatic carbocycles. The zero-order valence-electron chi connectivity index (χ0n) is 8.24. The van der Waals surface area contributed by atoms with Gasteiger partial charge in [0.15, 0.2) is 0 Å². The Morgan fingerprint density at radius 3 is 2.87 bits per heavy atom. The van der Waals surface area contributed by atoms with Crippen molar-refractivity contribution in [1.82, 2.24) is 0 Å². The number of benzene rings is 1. The molecule has 0 bridgehead atoms. The zero-order valence-corrected chi connectivity index (χ0v) is 9.83. The van der Waals surface area contributed by atoms with Crippen LogP contribution in [0.15, 0.2) is 33.2 Å². The van der Waals surface area contributed by atoms with Gasteiger partial charge in [0.2, 0.25) is 0 Å². The van der Waals surface area contributed by atoms with E-state index in [-0.39, 0.29) is 6.04 Å². The van der Waals surface area contributed by atoms with E-state index >= 15 is 0 Å². The fraction of sp³-hybridized carbons (Fsp3) is 0.333. The highest BCUT2D eigenvalue weighted by molar-refractivity contribution is 9.10. The fourth-order valence-electron chi connectivity index (χ4n) is 1.89. The lowest BCUT2D eigenvalue weighted by atomic mass is 10.1. The molecule has 2 N–H and O–H groups in total. The van der Waals surface area contributed by atoms with Gasteiger partial charge in [0.25, 0.3) is 0 Å². The molecule has 3 heteroatoms. The smallest absolute Gasteiger partial charge is 0.134 e. The van der Waals surface area contributed by atoms with Crippen LogP contribution < -0.4 is 5.73 Å². The number of halogens is 1. The van der Waals surface area contributed by atoms with Crippen molar-refractivity contribution >= 4 is 26.9 Å². The number of hydrogen-bond donors (Lipinski definition) is 1. The Kier molecular flexibility index (Phi) is 2.11. The van der Waals surface area contributed by atoms with E-state index in [1.807, 2.05) is 12.1 Å². The summed E-state index contributed by atoms with van der Waals surface area (Å²) in [7, 11) is 0. The molecular formula is C12H12BrNO. The molecule has 1 atom stereocenters. The molecule has 1 fully saturated rings. The summed E-state index contributed by atoms with van der Waals surface area (Å²) in [6.45, 7) is 0. The van der Waals surface area contributed by atoms with Crippen LogP contribution in [0, 0.1) is 5.92 Å². The van der Waals surface area contributed by atoms with Gasteiger partial charge in [0, 0.05) is 9.86 Å². The number of hydrogen-bond acceptors (Lipinski definition) is 2. The molecule has 2 nitrogen and oxygen atoms in total. The predicted molar refractivity (Wildman–Crippen MR) is 63.6 cm³/mol. The minimum Gasteiger partial charge on any atom is -0.459 e. The van der Waals surface area contributed by atoms with Crippen LogP contribution in [0.4, 0.5) is 0 Å². The zero-order chi connectivity index (χ0) is 10.4. The highest BCUT2D eigenvalue weighted by Gasteiger charge is 2.31. The Morgan fingerprint density at radius 2 is 2.13 bits per heavy atom. The van der Waals surface area contributed by atoms with Crippen LogP contribution >= 0.6 is 15.9 Å². The molecule has 78 valence electrons. The van der Waals surface area contributed by atoms with E-state index in [0.29, 0.717) is 5.92 Å². The Bertz CT molecular complexity index is 501. The van der Waals surface area contributed by atoms with Crippen molar-refractivity contribution in [3.8, 4) is 0 Å². The Balaban J connectivity index is 2.05. The molecule has 0 aliphatic heterocycles. The first kappa shape index (κ1) is 9.43. The summed E-state index contributed by atoms with van der Waals surface area (Å²) in [5.41, 5.74) is 7.02. The lowest BCUT2D eigenvalue weighted by molar-refractivity contribution is 0.467. The van der Waals surface area contributed by atoms with E-state index in [1.54, 1.807) is 0 Å². The molecule has 3 rings (SSSR count). The molecule has 2 aromatic rings. The van der Waals surface area contributed by atoms with Crippen LogP contribution in [0.5, 0.6) is 0 Å². The predicted octanol–water partition coefficient (Wildman–Crippen LogP) is 3.61. The van der Waals surface area contributed by atoms with Crippen LogP contribution in [0.3, 0.4) is 0 Å². The van der Waals surface area contributed by atoms with Crippen LogP contribution in [0.2, 0.25) is 0 Å². The van der Waals surface area contributed by atoms with Gasteiger partial charge in [-0.3, -0.25) is 0 Å². The van der Waals surface area contributed by atoms with E-state index < -0.39 is 0 Å². The molecule has 1 unspecified atom stereocenters. The van der Waals surface area contributed by atoms with E-state index in [1.165, 1.54) is 12.8 Å². The van der Waals surface area contributed by atoms with Gasteiger partial charge in [0.05, 0.1) is 6.04 Å². The van der Waals surface area contributed by atoms with Gasteiger partial charge in [-0.15, -0.1) is 0 Å². The summed E-state index contributed by atoms with van der Waals surface area (Å²) in [6, 6.07) is 8.16. The lowest BCUT2D eigenvalue weighted by Gasteiger charge is -2.04. The molecule has 0 amide bonds. The third kappa shape index (κ3) is 1.70. The molecule has 1 saturated carbocycles. The third-order valence-corrected chi connectivity index (χ3v) is 3.45. The summed E-state index contributed by atoms with van der Waals surface area (Å²) >= 11 is 3.45. The maximum absolute atomic E-state index is 6.10. The van der Waals surface area contributed by atoms with E-state index in [4.69, 9.17) is 10.2 Å². The molecule has 1 heterocycles. The van der Waals surface area contributed by atoms with Crippen molar-refractivity contribution < 1.29 is 4.42 Å². The minimum atomic E-state index is 0.0798. The maximum Gasteiger partial charge on any atom is 0.134 e. The topological polar surface area (TPSA) is 39.2 Å². The van der Waals surface area contributed by atoms with Gasteiger partial charge >= 0.3 is 0 Å². The molecule has 1 aliphatic rings. The molecule has 0 radical (unpaired) electrons. The second-order valence-corrected chi connectivity index (χ2v) is 5.11. The number of nitrogens with two attached hydrogens (primary N) is 1. The second-order valence-electron chi connectivity index (χ2n) is 4.19. The standard InChI is InChI=1S/C12H12BrNO/c13-9-3-4-10-8(5-9)6-11(15-10)12(14)7-1-2-7/h3-7,12H,1-2,14H2. The average Bonchev–Trinajstić information content (AvgIpc) is 2.97. The van der Waals surface area contributed by atoms with Crippen LogP contribution in [-0.2, 0) is 0 Å². The Labute approximate surface area is 96.6 Å². The fourth-order valence-corrected chi connectivity index (χ4v) is 2.27. The van der Waals surface area contributed by atoms with Gasteiger partial charge in [-0.1, -0.05) is 15.9 Å². The quantitative estimate of drug-likeness (QED) is 0.901. The molecule has 15 heavy (non-hydrogen) atoms. The van der Waals surface area contributed by atoms with Crippen molar-refractivity contribution in [2.75, 3.05) is 0 Å². The average molecular weight is 266 g/mol. The Hall–Kier alpha value is -0.800.